The zero-order valence-electron chi connectivity index (χ0n) is 24.5. The number of hydrogen-bond donors (Lipinski definition) is 0. The van der Waals surface area contributed by atoms with E-state index in [1.54, 1.807) is 0 Å². The highest BCUT2D eigenvalue weighted by molar-refractivity contribution is 4.91. The molecule has 34 heavy (non-hydrogen) atoms. The molecule has 1 saturated heterocycles. The summed E-state index contributed by atoms with van der Waals surface area (Å²) in [6.07, 6.45) is 32.0. The number of hydrogen-bond acceptors (Lipinski definition) is 1. The Balaban J connectivity index is 1.81. The van der Waals surface area contributed by atoms with Crippen LogP contribution in [0.15, 0.2) is 0 Å². The lowest BCUT2D eigenvalue weighted by molar-refractivity contribution is 0.0113. The van der Waals surface area contributed by atoms with Crippen molar-refractivity contribution in [2.75, 3.05) is 6.54 Å². The molecule has 1 saturated carbocycles. The number of piperidine rings is 1. The molecular formula is C33H65N. The number of likely N-dealkylation sites (tertiary alicyclic amines) is 1. The second-order valence-electron chi connectivity index (χ2n) is 12.8. The summed E-state index contributed by atoms with van der Waals surface area (Å²) >= 11 is 0. The summed E-state index contributed by atoms with van der Waals surface area (Å²) in [5.74, 6) is 1.90. The van der Waals surface area contributed by atoms with Crippen LogP contribution in [0.3, 0.4) is 0 Å². The summed E-state index contributed by atoms with van der Waals surface area (Å²) in [6, 6.07) is 1.78. The number of unbranched alkanes of at least 4 members (excludes halogenated alkanes) is 8. The van der Waals surface area contributed by atoms with E-state index in [4.69, 9.17) is 0 Å². The van der Waals surface area contributed by atoms with Crippen LogP contribution >= 0.6 is 0 Å². The van der Waals surface area contributed by atoms with Gasteiger partial charge < -0.3 is 0 Å². The van der Waals surface area contributed by atoms with Gasteiger partial charge in [0, 0.05) is 12.1 Å². The molecule has 2 aliphatic rings. The molecule has 0 aromatic heterocycles. The van der Waals surface area contributed by atoms with Crippen LogP contribution in [0.5, 0.6) is 0 Å². The summed E-state index contributed by atoms with van der Waals surface area (Å²) in [5, 5.41) is 0. The summed E-state index contributed by atoms with van der Waals surface area (Å²) in [4.78, 5) is 3.05. The van der Waals surface area contributed by atoms with Crippen LogP contribution in [0.1, 0.15) is 176 Å². The molecule has 4 atom stereocenters. The Kier molecular flexibility index (Phi) is 15.5. The van der Waals surface area contributed by atoms with Crippen LogP contribution in [0, 0.1) is 17.3 Å². The van der Waals surface area contributed by atoms with Gasteiger partial charge in [-0.1, -0.05) is 125 Å². The van der Waals surface area contributed by atoms with Crippen molar-refractivity contribution < 1.29 is 0 Å². The second-order valence-corrected chi connectivity index (χ2v) is 12.8. The van der Waals surface area contributed by atoms with Crippen molar-refractivity contribution in [3.05, 3.63) is 0 Å². The predicted octanol–water partition coefficient (Wildman–Crippen LogP) is 11.0. The molecular weight excluding hydrogens is 410 g/mol. The van der Waals surface area contributed by atoms with Gasteiger partial charge in [0.05, 0.1) is 0 Å². The lowest BCUT2D eigenvalue weighted by atomic mass is 9.70. The quantitative estimate of drug-likeness (QED) is 0.168. The van der Waals surface area contributed by atoms with E-state index in [0.717, 1.165) is 23.9 Å². The predicted molar refractivity (Wildman–Crippen MR) is 154 cm³/mol. The van der Waals surface area contributed by atoms with Crippen molar-refractivity contribution in [3.63, 3.8) is 0 Å². The minimum Gasteiger partial charge on any atom is -0.297 e. The van der Waals surface area contributed by atoms with Crippen molar-refractivity contribution in [1.29, 1.82) is 0 Å². The fourth-order valence-electron chi connectivity index (χ4n) is 7.96. The molecule has 1 nitrogen and oxygen atoms in total. The maximum atomic E-state index is 3.05. The molecule has 1 heterocycles. The van der Waals surface area contributed by atoms with Gasteiger partial charge in [-0.25, -0.2) is 0 Å². The van der Waals surface area contributed by atoms with E-state index in [-0.39, 0.29) is 0 Å². The van der Waals surface area contributed by atoms with Gasteiger partial charge in [-0.3, -0.25) is 4.90 Å². The van der Waals surface area contributed by atoms with E-state index in [9.17, 15) is 0 Å². The van der Waals surface area contributed by atoms with Crippen LogP contribution in [-0.4, -0.2) is 23.5 Å². The molecule has 2 fully saturated rings. The fraction of sp³-hybridized carbons (Fsp3) is 1.00. The molecule has 0 aromatic rings. The smallest absolute Gasteiger partial charge is 0.0126 e. The van der Waals surface area contributed by atoms with Crippen LogP contribution in [-0.2, 0) is 0 Å². The number of nitrogens with zero attached hydrogens (tertiary/aromatic N) is 1. The van der Waals surface area contributed by atoms with Gasteiger partial charge in [0.1, 0.15) is 0 Å². The summed E-state index contributed by atoms with van der Waals surface area (Å²) in [7, 11) is 0. The van der Waals surface area contributed by atoms with Gasteiger partial charge in [-0.2, -0.15) is 0 Å². The molecule has 202 valence electrons. The molecule has 4 unspecified atom stereocenters. The van der Waals surface area contributed by atoms with E-state index in [0.29, 0.717) is 5.41 Å². The van der Waals surface area contributed by atoms with Crippen molar-refractivity contribution in [2.24, 2.45) is 17.3 Å². The van der Waals surface area contributed by atoms with Crippen LogP contribution in [0.4, 0.5) is 0 Å². The van der Waals surface area contributed by atoms with E-state index in [1.165, 1.54) is 148 Å². The molecule has 1 heteroatoms. The molecule has 0 amide bonds. The third-order valence-electron chi connectivity index (χ3n) is 10.1. The lowest BCUT2D eigenvalue weighted by Gasteiger charge is -2.48. The van der Waals surface area contributed by atoms with Crippen LogP contribution < -0.4 is 0 Å². The zero-order chi connectivity index (χ0) is 24.7. The average molecular weight is 476 g/mol. The highest BCUT2D eigenvalue weighted by atomic mass is 15.2. The van der Waals surface area contributed by atoms with Crippen LogP contribution in [0.2, 0.25) is 0 Å². The molecule has 1 aliphatic heterocycles. The minimum absolute atomic E-state index is 0.604. The Morgan fingerprint density at radius 1 is 0.735 bits per heavy atom. The van der Waals surface area contributed by atoms with Gasteiger partial charge in [0.15, 0.2) is 0 Å². The van der Waals surface area contributed by atoms with E-state index < -0.39 is 0 Å². The lowest BCUT2D eigenvalue weighted by Crippen LogP contribution is -2.52. The largest absolute Gasteiger partial charge is 0.297 e. The highest BCUT2D eigenvalue weighted by Gasteiger charge is 2.37. The van der Waals surface area contributed by atoms with E-state index >= 15 is 0 Å². The molecule has 0 radical (unpaired) electrons. The molecule has 0 N–H and O–H groups in total. The molecule has 0 spiro atoms. The maximum absolute atomic E-state index is 3.05. The first-order valence-electron chi connectivity index (χ1n) is 16.3. The van der Waals surface area contributed by atoms with E-state index in [2.05, 4.69) is 39.5 Å². The van der Waals surface area contributed by atoms with Gasteiger partial charge >= 0.3 is 0 Å². The van der Waals surface area contributed by atoms with Gasteiger partial charge in [0.2, 0.25) is 0 Å². The third-order valence-corrected chi connectivity index (χ3v) is 10.1. The number of fused-ring (bicyclic) bond motifs is 1. The van der Waals surface area contributed by atoms with Crippen molar-refractivity contribution in [3.8, 4) is 0 Å². The van der Waals surface area contributed by atoms with Crippen molar-refractivity contribution in [1.82, 2.24) is 4.90 Å². The monoisotopic (exact) mass is 476 g/mol. The van der Waals surface area contributed by atoms with Crippen molar-refractivity contribution >= 4 is 0 Å². The van der Waals surface area contributed by atoms with Gasteiger partial charge in [0.25, 0.3) is 0 Å². The molecule has 2 rings (SSSR count). The summed E-state index contributed by atoms with van der Waals surface area (Å²) in [6.45, 7) is 13.7. The summed E-state index contributed by atoms with van der Waals surface area (Å²) < 4.78 is 0. The Hall–Kier alpha value is -0.0400. The Labute approximate surface area is 216 Å². The van der Waals surface area contributed by atoms with Gasteiger partial charge in [-0.05, 0) is 75.2 Å². The van der Waals surface area contributed by atoms with Crippen molar-refractivity contribution in [2.45, 2.75) is 188 Å². The third kappa shape index (κ3) is 10.1. The average Bonchev–Trinajstić information content (AvgIpc) is 2.86. The Morgan fingerprint density at radius 2 is 1.35 bits per heavy atom. The maximum Gasteiger partial charge on any atom is 0.0126 e. The first kappa shape index (κ1) is 30.2. The Morgan fingerprint density at radius 3 is 2.00 bits per heavy atom. The summed E-state index contributed by atoms with van der Waals surface area (Å²) in [5.41, 5.74) is 0.604. The highest BCUT2D eigenvalue weighted by Crippen LogP contribution is 2.42. The SMILES string of the molecule is CCCCCCCCCCCC(CC)(CC)CC(C)CC(CCC)N1CCCC2CCCCC21. The fourth-order valence-corrected chi connectivity index (χ4v) is 7.96. The minimum atomic E-state index is 0.604. The first-order chi connectivity index (χ1) is 16.6. The normalized spacial score (nSPS) is 23.6. The number of rotatable bonds is 19. The van der Waals surface area contributed by atoms with Crippen LogP contribution in [0.25, 0.3) is 0 Å². The molecule has 0 bridgehead atoms. The Bertz CT molecular complexity index is 479. The molecule has 0 aromatic carbocycles. The molecule has 1 aliphatic carbocycles. The first-order valence-corrected chi connectivity index (χ1v) is 16.3. The zero-order valence-corrected chi connectivity index (χ0v) is 24.5. The van der Waals surface area contributed by atoms with E-state index in [1.807, 2.05) is 0 Å². The van der Waals surface area contributed by atoms with Gasteiger partial charge in [-0.15, -0.1) is 0 Å². The topological polar surface area (TPSA) is 3.24 Å². The standard InChI is InChI=1S/C33H65N/c1-6-10-11-12-13-14-15-16-19-25-33(8-3,9-4)28-29(5)27-31(21-7-2)34-26-20-23-30-22-17-18-24-32(30)34/h29-32H,6-28H2,1-5H3. The second kappa shape index (κ2) is 17.4.